The zero-order chi connectivity index (χ0) is 23.4. The quantitative estimate of drug-likeness (QED) is 0.515. The number of anilines is 1. The van der Waals surface area contributed by atoms with E-state index in [-0.39, 0.29) is 11.9 Å². The van der Waals surface area contributed by atoms with Gasteiger partial charge in [-0.1, -0.05) is 32.0 Å². The fraction of sp³-hybridized carbons (Fsp3) is 0.346. The highest BCUT2D eigenvalue weighted by molar-refractivity contribution is 6.05. The molecule has 0 fully saturated rings. The number of benzene rings is 2. The Morgan fingerprint density at radius 3 is 2.38 bits per heavy atom. The van der Waals surface area contributed by atoms with Crippen LogP contribution in [0, 0.1) is 20.8 Å². The minimum Gasteiger partial charge on any atom is -0.469 e. The summed E-state index contributed by atoms with van der Waals surface area (Å²) in [6.45, 7) is 10.2. The van der Waals surface area contributed by atoms with E-state index < -0.39 is 0 Å². The number of ether oxygens (including phenoxy) is 1. The number of para-hydroxylation sites is 1. The highest BCUT2D eigenvalue weighted by Crippen LogP contribution is 2.28. The number of rotatable bonds is 7. The van der Waals surface area contributed by atoms with Gasteiger partial charge in [0.1, 0.15) is 0 Å². The van der Waals surface area contributed by atoms with Crippen molar-refractivity contribution in [3.63, 3.8) is 0 Å². The summed E-state index contributed by atoms with van der Waals surface area (Å²) in [6.07, 6.45) is 0.902. The molecule has 1 heterocycles. The first-order chi connectivity index (χ1) is 15.2. The van der Waals surface area contributed by atoms with Gasteiger partial charge in [-0.15, -0.1) is 0 Å². The number of hydrogen-bond acceptors (Lipinski definition) is 4. The molecule has 1 amide bonds. The standard InChI is InChI=1S/C26H31N3O3/c1-16(2)22-9-7-8-17(3)25(22)27-26(31)20-10-12-21(13-11-20)29-19(5)23(18(4)28-29)14-15-24(30)32-6/h7-13,16H,14-15H2,1-6H3,(H,27,31). The lowest BCUT2D eigenvalue weighted by atomic mass is 9.98. The minimum absolute atomic E-state index is 0.139. The monoisotopic (exact) mass is 433 g/mol. The van der Waals surface area contributed by atoms with Gasteiger partial charge in [-0.3, -0.25) is 9.59 Å². The predicted molar refractivity (Wildman–Crippen MR) is 127 cm³/mol. The first kappa shape index (κ1) is 23.3. The van der Waals surface area contributed by atoms with E-state index in [1.54, 1.807) is 0 Å². The molecule has 1 N–H and O–H groups in total. The zero-order valence-corrected chi connectivity index (χ0v) is 19.7. The number of methoxy groups -OCH3 is 1. The second-order valence-corrected chi connectivity index (χ2v) is 8.33. The highest BCUT2D eigenvalue weighted by Gasteiger charge is 2.16. The third-order valence-electron chi connectivity index (χ3n) is 5.79. The second kappa shape index (κ2) is 9.81. The summed E-state index contributed by atoms with van der Waals surface area (Å²) in [5.74, 6) is -0.0620. The fourth-order valence-corrected chi connectivity index (χ4v) is 3.90. The maximum absolute atomic E-state index is 12.9. The molecule has 0 bridgehead atoms. The smallest absolute Gasteiger partial charge is 0.305 e. The van der Waals surface area contributed by atoms with Gasteiger partial charge in [-0.05, 0) is 74.1 Å². The molecule has 168 valence electrons. The molecule has 3 rings (SSSR count). The van der Waals surface area contributed by atoms with E-state index >= 15 is 0 Å². The Kier molecular flexibility index (Phi) is 7.13. The van der Waals surface area contributed by atoms with Crippen LogP contribution in [0.3, 0.4) is 0 Å². The lowest BCUT2D eigenvalue weighted by Crippen LogP contribution is -2.15. The van der Waals surface area contributed by atoms with E-state index in [4.69, 9.17) is 4.74 Å². The maximum Gasteiger partial charge on any atom is 0.305 e. The molecule has 32 heavy (non-hydrogen) atoms. The van der Waals surface area contributed by atoms with Gasteiger partial charge in [0.05, 0.1) is 18.5 Å². The Hall–Kier alpha value is -3.41. The van der Waals surface area contributed by atoms with Crippen LogP contribution < -0.4 is 5.32 Å². The van der Waals surface area contributed by atoms with Gasteiger partial charge in [-0.25, -0.2) is 4.68 Å². The van der Waals surface area contributed by atoms with Crippen LogP contribution >= 0.6 is 0 Å². The van der Waals surface area contributed by atoms with Gasteiger partial charge in [0, 0.05) is 23.4 Å². The summed E-state index contributed by atoms with van der Waals surface area (Å²) < 4.78 is 6.59. The summed E-state index contributed by atoms with van der Waals surface area (Å²) in [7, 11) is 1.39. The molecule has 0 unspecified atom stereocenters. The Bertz CT molecular complexity index is 1130. The molecule has 0 radical (unpaired) electrons. The maximum atomic E-state index is 12.9. The Morgan fingerprint density at radius 1 is 1.06 bits per heavy atom. The van der Waals surface area contributed by atoms with Gasteiger partial charge >= 0.3 is 5.97 Å². The number of hydrogen-bond donors (Lipinski definition) is 1. The Labute approximate surface area is 189 Å². The second-order valence-electron chi connectivity index (χ2n) is 8.33. The topological polar surface area (TPSA) is 73.2 Å². The van der Waals surface area contributed by atoms with Crippen LogP contribution in [-0.4, -0.2) is 28.8 Å². The summed E-state index contributed by atoms with van der Waals surface area (Å²) in [6, 6.07) is 13.5. The van der Waals surface area contributed by atoms with Crippen molar-refractivity contribution < 1.29 is 14.3 Å². The molecule has 0 saturated heterocycles. The van der Waals surface area contributed by atoms with Gasteiger partial charge in [-0.2, -0.15) is 5.10 Å². The van der Waals surface area contributed by atoms with E-state index in [0.29, 0.717) is 24.3 Å². The van der Waals surface area contributed by atoms with Crippen LogP contribution in [0.2, 0.25) is 0 Å². The van der Waals surface area contributed by atoms with Crippen molar-refractivity contribution in [1.82, 2.24) is 9.78 Å². The predicted octanol–water partition coefficient (Wildman–Crippen LogP) is 5.28. The van der Waals surface area contributed by atoms with Crippen LogP contribution in [-0.2, 0) is 16.0 Å². The average molecular weight is 434 g/mol. The zero-order valence-electron chi connectivity index (χ0n) is 19.7. The molecular formula is C26H31N3O3. The number of esters is 1. The molecule has 0 aliphatic rings. The summed E-state index contributed by atoms with van der Waals surface area (Å²) in [5.41, 5.74) is 7.40. The summed E-state index contributed by atoms with van der Waals surface area (Å²) in [5, 5.41) is 7.72. The van der Waals surface area contributed by atoms with E-state index in [1.807, 2.05) is 61.9 Å². The summed E-state index contributed by atoms with van der Waals surface area (Å²) in [4.78, 5) is 24.4. The molecule has 0 atom stereocenters. The molecule has 6 nitrogen and oxygen atoms in total. The van der Waals surface area contributed by atoms with Crippen LogP contribution in [0.5, 0.6) is 0 Å². The first-order valence-corrected chi connectivity index (χ1v) is 10.9. The molecule has 3 aromatic rings. The van der Waals surface area contributed by atoms with Crippen molar-refractivity contribution in [2.45, 2.75) is 53.4 Å². The van der Waals surface area contributed by atoms with Crippen molar-refractivity contribution >= 4 is 17.6 Å². The molecule has 1 aromatic heterocycles. The molecule has 6 heteroatoms. The lowest BCUT2D eigenvalue weighted by Gasteiger charge is -2.16. The van der Waals surface area contributed by atoms with Gasteiger partial charge in [0.25, 0.3) is 5.91 Å². The van der Waals surface area contributed by atoms with Crippen molar-refractivity contribution in [3.05, 3.63) is 76.1 Å². The van der Waals surface area contributed by atoms with Gasteiger partial charge < -0.3 is 10.1 Å². The normalized spacial score (nSPS) is 11.0. The number of carbonyl (C=O) groups excluding carboxylic acids is 2. The van der Waals surface area contributed by atoms with Gasteiger partial charge in [0.15, 0.2) is 0 Å². The van der Waals surface area contributed by atoms with Crippen molar-refractivity contribution in [2.75, 3.05) is 12.4 Å². The van der Waals surface area contributed by atoms with Crippen LogP contribution in [0.1, 0.15) is 64.6 Å². The molecular weight excluding hydrogens is 402 g/mol. The largest absolute Gasteiger partial charge is 0.469 e. The number of amides is 1. The first-order valence-electron chi connectivity index (χ1n) is 10.9. The van der Waals surface area contributed by atoms with Gasteiger partial charge in [0.2, 0.25) is 0 Å². The number of aryl methyl sites for hydroxylation is 2. The van der Waals surface area contributed by atoms with Crippen LogP contribution in [0.25, 0.3) is 5.69 Å². The summed E-state index contributed by atoms with van der Waals surface area (Å²) >= 11 is 0. The SMILES string of the molecule is COC(=O)CCc1c(C)nn(-c2ccc(C(=O)Nc3c(C)cccc3C(C)C)cc2)c1C. The van der Waals surface area contributed by atoms with E-state index in [2.05, 4.69) is 30.3 Å². The Balaban J connectivity index is 1.80. The molecule has 0 aliphatic carbocycles. The number of carbonyl (C=O) groups is 2. The molecule has 0 spiro atoms. The number of aromatic nitrogens is 2. The van der Waals surface area contributed by atoms with E-state index in [1.165, 1.54) is 7.11 Å². The highest BCUT2D eigenvalue weighted by atomic mass is 16.5. The molecule has 0 aliphatic heterocycles. The third kappa shape index (κ3) is 4.90. The van der Waals surface area contributed by atoms with Crippen LogP contribution in [0.4, 0.5) is 5.69 Å². The van der Waals surface area contributed by atoms with Crippen molar-refractivity contribution in [3.8, 4) is 5.69 Å². The van der Waals surface area contributed by atoms with Crippen molar-refractivity contribution in [1.29, 1.82) is 0 Å². The van der Waals surface area contributed by atoms with Crippen LogP contribution in [0.15, 0.2) is 42.5 Å². The molecule has 2 aromatic carbocycles. The van der Waals surface area contributed by atoms with E-state index in [9.17, 15) is 9.59 Å². The fourth-order valence-electron chi connectivity index (χ4n) is 3.90. The number of nitrogens with one attached hydrogen (secondary N) is 1. The van der Waals surface area contributed by atoms with Crippen molar-refractivity contribution in [2.24, 2.45) is 0 Å². The average Bonchev–Trinajstić information content (AvgIpc) is 3.06. The Morgan fingerprint density at radius 2 is 1.75 bits per heavy atom. The lowest BCUT2D eigenvalue weighted by molar-refractivity contribution is -0.140. The van der Waals surface area contributed by atoms with E-state index in [0.717, 1.165) is 39.5 Å². The minimum atomic E-state index is -0.235. The molecule has 0 saturated carbocycles. The number of nitrogens with zero attached hydrogens (tertiary/aromatic N) is 2. The third-order valence-corrected chi connectivity index (χ3v) is 5.79.